The van der Waals surface area contributed by atoms with Crippen LogP contribution in [0.5, 0.6) is 0 Å². The van der Waals surface area contributed by atoms with E-state index in [1.807, 2.05) is 13.0 Å². The largest absolute Gasteiger partial charge is 0.441 e. The predicted molar refractivity (Wildman–Crippen MR) is 76.1 cm³/mol. The third-order valence-electron chi connectivity index (χ3n) is 3.72. The van der Waals surface area contributed by atoms with Crippen LogP contribution < -0.4 is 10.6 Å². The Hall–Kier alpha value is -1.39. The second-order valence-corrected chi connectivity index (χ2v) is 5.29. The van der Waals surface area contributed by atoms with Crippen LogP contribution in [0.1, 0.15) is 30.7 Å². The molecule has 0 spiro atoms. The first-order chi connectivity index (χ1) is 9.31. The molecule has 1 aromatic carbocycles. The van der Waals surface area contributed by atoms with Crippen molar-refractivity contribution in [3.63, 3.8) is 0 Å². The molecule has 4 nitrogen and oxygen atoms in total. The van der Waals surface area contributed by atoms with E-state index < -0.39 is 0 Å². The van der Waals surface area contributed by atoms with Crippen LogP contribution in [0.4, 0.5) is 0 Å². The Morgan fingerprint density at radius 3 is 3.26 bits per heavy atom. The molecule has 0 bridgehead atoms. The number of nitrogens with one attached hydrogen (secondary N) is 2. The third-order valence-corrected chi connectivity index (χ3v) is 3.72. The van der Waals surface area contributed by atoms with E-state index in [1.54, 1.807) is 0 Å². The van der Waals surface area contributed by atoms with Crippen LogP contribution in [0, 0.1) is 6.92 Å². The maximum absolute atomic E-state index is 5.48. The van der Waals surface area contributed by atoms with E-state index in [9.17, 15) is 0 Å². The number of hydrogen-bond acceptors (Lipinski definition) is 4. The average Bonchev–Trinajstić information content (AvgIpc) is 3.02. The van der Waals surface area contributed by atoms with Crippen molar-refractivity contribution in [1.82, 2.24) is 15.6 Å². The van der Waals surface area contributed by atoms with E-state index in [2.05, 4.69) is 27.8 Å². The van der Waals surface area contributed by atoms with E-state index in [1.165, 1.54) is 31.4 Å². The van der Waals surface area contributed by atoms with Crippen molar-refractivity contribution >= 4 is 11.1 Å². The molecule has 0 saturated carbocycles. The Kier molecular flexibility index (Phi) is 3.80. The van der Waals surface area contributed by atoms with Crippen molar-refractivity contribution in [2.45, 2.75) is 38.8 Å². The van der Waals surface area contributed by atoms with Crippen molar-refractivity contribution < 1.29 is 4.42 Å². The first-order valence-electron chi connectivity index (χ1n) is 7.11. The summed E-state index contributed by atoms with van der Waals surface area (Å²) in [4.78, 5) is 4.36. The van der Waals surface area contributed by atoms with Gasteiger partial charge in [0.15, 0.2) is 11.5 Å². The molecule has 1 unspecified atom stereocenters. The maximum Gasteiger partial charge on any atom is 0.192 e. The third kappa shape index (κ3) is 3.14. The molecule has 1 fully saturated rings. The van der Waals surface area contributed by atoms with E-state index in [4.69, 9.17) is 4.42 Å². The quantitative estimate of drug-likeness (QED) is 0.809. The van der Waals surface area contributed by atoms with Gasteiger partial charge in [0.2, 0.25) is 0 Å². The van der Waals surface area contributed by atoms with Gasteiger partial charge < -0.3 is 15.1 Å². The highest BCUT2D eigenvalue weighted by atomic mass is 16.3. The van der Waals surface area contributed by atoms with Crippen LogP contribution in [0.15, 0.2) is 22.6 Å². The Morgan fingerprint density at radius 2 is 2.42 bits per heavy atom. The van der Waals surface area contributed by atoms with E-state index in [0.717, 1.165) is 30.1 Å². The number of hydrogen-bond donors (Lipinski definition) is 2. The number of fused-ring (bicyclic) bond motifs is 1. The van der Waals surface area contributed by atoms with Crippen molar-refractivity contribution in [2.75, 3.05) is 13.1 Å². The molecule has 1 atom stereocenters. The summed E-state index contributed by atoms with van der Waals surface area (Å²) in [6.07, 6.45) is 3.87. The van der Waals surface area contributed by atoms with Gasteiger partial charge in [-0.1, -0.05) is 6.07 Å². The van der Waals surface area contributed by atoms with Gasteiger partial charge >= 0.3 is 0 Å². The van der Waals surface area contributed by atoms with Gasteiger partial charge in [0.1, 0.15) is 5.52 Å². The highest BCUT2D eigenvalue weighted by molar-refractivity contribution is 5.73. The van der Waals surface area contributed by atoms with Crippen molar-refractivity contribution in [3.8, 4) is 0 Å². The second kappa shape index (κ2) is 5.72. The fourth-order valence-corrected chi connectivity index (χ4v) is 2.71. The number of oxazole rings is 1. The average molecular weight is 259 g/mol. The van der Waals surface area contributed by atoms with Gasteiger partial charge in [-0.05, 0) is 50.0 Å². The SMILES string of the molecule is Cc1nc2cc(CNCCC3CCCN3)ccc2o1. The van der Waals surface area contributed by atoms with Gasteiger partial charge in [-0.25, -0.2) is 4.98 Å². The van der Waals surface area contributed by atoms with Crippen LogP contribution in [0.25, 0.3) is 11.1 Å². The second-order valence-electron chi connectivity index (χ2n) is 5.29. The van der Waals surface area contributed by atoms with Gasteiger partial charge in [0.25, 0.3) is 0 Å². The molecule has 1 aliphatic rings. The zero-order valence-corrected chi connectivity index (χ0v) is 11.4. The Morgan fingerprint density at radius 1 is 1.47 bits per heavy atom. The lowest BCUT2D eigenvalue weighted by Crippen LogP contribution is -2.26. The molecule has 1 aromatic heterocycles. The summed E-state index contributed by atoms with van der Waals surface area (Å²) >= 11 is 0. The molecular weight excluding hydrogens is 238 g/mol. The number of benzene rings is 1. The van der Waals surface area contributed by atoms with Crippen molar-refractivity contribution in [3.05, 3.63) is 29.7 Å². The first kappa shape index (κ1) is 12.6. The molecule has 19 heavy (non-hydrogen) atoms. The van der Waals surface area contributed by atoms with Crippen LogP contribution in [-0.4, -0.2) is 24.1 Å². The summed E-state index contributed by atoms with van der Waals surface area (Å²) in [6, 6.07) is 6.93. The molecule has 1 aliphatic heterocycles. The molecule has 0 aliphatic carbocycles. The van der Waals surface area contributed by atoms with Gasteiger partial charge in [-0.3, -0.25) is 0 Å². The molecule has 102 valence electrons. The van der Waals surface area contributed by atoms with Crippen LogP contribution >= 0.6 is 0 Å². The van der Waals surface area contributed by atoms with Crippen molar-refractivity contribution in [2.24, 2.45) is 0 Å². The summed E-state index contributed by atoms with van der Waals surface area (Å²) in [5.41, 5.74) is 3.09. The maximum atomic E-state index is 5.48. The number of nitrogens with zero attached hydrogens (tertiary/aromatic N) is 1. The van der Waals surface area contributed by atoms with Crippen LogP contribution in [-0.2, 0) is 6.54 Å². The summed E-state index contributed by atoms with van der Waals surface area (Å²) < 4.78 is 5.48. The summed E-state index contributed by atoms with van der Waals surface area (Å²) in [5.74, 6) is 0.729. The number of aromatic nitrogens is 1. The molecular formula is C15H21N3O. The van der Waals surface area contributed by atoms with Gasteiger partial charge in [-0.2, -0.15) is 0 Å². The standard InChI is InChI=1S/C15H21N3O/c1-11-18-14-9-12(4-5-15(14)19-11)10-16-8-6-13-3-2-7-17-13/h4-5,9,13,16-17H,2-3,6-8,10H2,1H3. The van der Waals surface area contributed by atoms with Gasteiger partial charge in [0.05, 0.1) is 0 Å². The number of rotatable bonds is 5. The fourth-order valence-electron chi connectivity index (χ4n) is 2.71. The Labute approximate surface area is 113 Å². The van der Waals surface area contributed by atoms with Gasteiger partial charge in [-0.15, -0.1) is 0 Å². The first-order valence-corrected chi connectivity index (χ1v) is 7.11. The molecule has 2 heterocycles. The van der Waals surface area contributed by atoms with E-state index in [-0.39, 0.29) is 0 Å². The molecule has 2 N–H and O–H groups in total. The fraction of sp³-hybridized carbons (Fsp3) is 0.533. The van der Waals surface area contributed by atoms with Crippen LogP contribution in [0.3, 0.4) is 0 Å². The highest BCUT2D eigenvalue weighted by Crippen LogP contribution is 2.16. The van der Waals surface area contributed by atoms with Crippen molar-refractivity contribution in [1.29, 1.82) is 0 Å². The minimum Gasteiger partial charge on any atom is -0.441 e. The molecule has 3 rings (SSSR count). The monoisotopic (exact) mass is 259 g/mol. The number of aryl methyl sites for hydroxylation is 1. The summed E-state index contributed by atoms with van der Waals surface area (Å²) in [7, 11) is 0. The predicted octanol–water partition coefficient (Wildman–Crippen LogP) is 2.37. The van der Waals surface area contributed by atoms with E-state index >= 15 is 0 Å². The molecule has 0 radical (unpaired) electrons. The zero-order chi connectivity index (χ0) is 13.1. The topological polar surface area (TPSA) is 50.1 Å². The zero-order valence-electron chi connectivity index (χ0n) is 11.4. The van der Waals surface area contributed by atoms with E-state index in [0.29, 0.717) is 6.04 Å². The van der Waals surface area contributed by atoms with Crippen LogP contribution in [0.2, 0.25) is 0 Å². The normalized spacial score (nSPS) is 19.3. The molecule has 1 saturated heterocycles. The highest BCUT2D eigenvalue weighted by Gasteiger charge is 2.12. The lowest BCUT2D eigenvalue weighted by Gasteiger charge is -2.10. The molecule has 4 heteroatoms. The lowest BCUT2D eigenvalue weighted by atomic mass is 10.1. The Bertz CT molecular complexity index is 543. The summed E-state index contributed by atoms with van der Waals surface area (Å²) in [6.45, 7) is 5.03. The smallest absolute Gasteiger partial charge is 0.192 e. The minimum atomic E-state index is 0.716. The molecule has 0 amide bonds. The Balaban J connectivity index is 1.50. The summed E-state index contributed by atoms with van der Waals surface area (Å²) in [5, 5.41) is 7.02. The molecule has 2 aromatic rings. The van der Waals surface area contributed by atoms with Gasteiger partial charge in [0, 0.05) is 19.5 Å². The lowest BCUT2D eigenvalue weighted by molar-refractivity contribution is 0.523. The minimum absolute atomic E-state index is 0.716.